The summed E-state index contributed by atoms with van der Waals surface area (Å²) in [6.45, 7) is 14.7. The van der Waals surface area contributed by atoms with E-state index in [4.69, 9.17) is 0 Å². The van der Waals surface area contributed by atoms with Crippen LogP contribution >= 0.6 is 0 Å². The van der Waals surface area contributed by atoms with E-state index in [9.17, 15) is 35.7 Å². The van der Waals surface area contributed by atoms with Crippen LogP contribution in [0.2, 0.25) is 0 Å². The summed E-state index contributed by atoms with van der Waals surface area (Å²) in [7, 11) is 0. The predicted molar refractivity (Wildman–Crippen MR) is 144 cm³/mol. The normalized spacial score (nSPS) is 7.95. The van der Waals surface area contributed by atoms with Crippen molar-refractivity contribution in [3.63, 3.8) is 0 Å². The fraction of sp³-hybridized carbons (Fsp3) is 1.00. The van der Waals surface area contributed by atoms with Crippen molar-refractivity contribution in [2.45, 2.75) is 138 Å². The van der Waals surface area contributed by atoms with Crippen LogP contribution in [0.4, 0.5) is 0 Å². The van der Waals surface area contributed by atoms with Crippen molar-refractivity contribution in [2.75, 3.05) is 46.2 Å². The van der Waals surface area contributed by atoms with Crippen molar-refractivity contribution in [3.8, 4) is 0 Å². The van der Waals surface area contributed by atoms with E-state index >= 15 is 0 Å². The monoisotopic (exact) mass is 718 g/mol. The van der Waals surface area contributed by atoms with Gasteiger partial charge in [-0.15, -0.1) is 46.2 Å². The van der Waals surface area contributed by atoms with Gasteiger partial charge in [0, 0.05) is 0 Å². The SMILES string of the molecule is CCCC[O-].CCCC[O-].CCCC[O-].CCCC[O-].CCCC[O-].CCCC[O-].CCCC[O-].[Al+3].[Hf+4]. The van der Waals surface area contributed by atoms with Gasteiger partial charge < -0.3 is 35.7 Å². The summed E-state index contributed by atoms with van der Waals surface area (Å²) < 4.78 is 0. The Bertz CT molecular complexity index is 150. The minimum Gasteiger partial charge on any atom is -0.854 e. The average molecular weight is 717 g/mol. The Kier molecular flexibility index (Phi) is 166. The van der Waals surface area contributed by atoms with E-state index in [-0.39, 0.29) is 89.5 Å². The van der Waals surface area contributed by atoms with E-state index < -0.39 is 0 Å². The molecule has 0 unspecified atom stereocenters. The Labute approximate surface area is 262 Å². The summed E-state index contributed by atoms with van der Waals surface area (Å²) in [5.41, 5.74) is 0. The smallest absolute Gasteiger partial charge is 0.854 e. The summed E-state index contributed by atoms with van der Waals surface area (Å²) in [6.07, 6.45) is 13.1. The van der Waals surface area contributed by atoms with Crippen molar-refractivity contribution in [3.05, 3.63) is 0 Å². The van der Waals surface area contributed by atoms with E-state index in [1.807, 2.05) is 48.5 Å². The van der Waals surface area contributed by atoms with Gasteiger partial charge in [0.2, 0.25) is 0 Å². The molecule has 0 saturated heterocycles. The van der Waals surface area contributed by atoms with Gasteiger partial charge in [-0.05, 0) is 0 Å². The Morgan fingerprint density at radius 3 is 0.351 bits per heavy atom. The number of hydrogen-bond donors (Lipinski definition) is 0. The van der Waals surface area contributed by atoms with Crippen molar-refractivity contribution >= 4 is 17.4 Å². The van der Waals surface area contributed by atoms with E-state index in [1.165, 1.54) is 0 Å². The molecule has 0 aliphatic rings. The molecule has 224 valence electrons. The van der Waals surface area contributed by atoms with Gasteiger partial charge in [0.25, 0.3) is 0 Å². The number of unbranched alkanes of at least 4 members (excludes halogenated alkanes) is 7. The first-order chi connectivity index (χ1) is 16.9. The average Bonchev–Trinajstić information content (AvgIpc) is 2.85. The molecular weight excluding hydrogens is 654 g/mol. The summed E-state index contributed by atoms with van der Waals surface area (Å²) >= 11 is 0. The molecule has 0 aromatic heterocycles. The zero-order chi connectivity index (χ0) is 28.8. The Morgan fingerprint density at radius 2 is 0.351 bits per heavy atom. The molecular formula is C28H63AlHfO7. The van der Waals surface area contributed by atoms with Crippen LogP contribution in [0.15, 0.2) is 0 Å². The number of hydrogen-bond acceptors (Lipinski definition) is 7. The van der Waals surface area contributed by atoms with Crippen molar-refractivity contribution in [1.29, 1.82) is 0 Å². The third-order valence-corrected chi connectivity index (χ3v) is 3.49. The second-order valence-corrected chi connectivity index (χ2v) is 7.40. The summed E-state index contributed by atoms with van der Waals surface area (Å²) in [5, 5.41) is 66.7. The van der Waals surface area contributed by atoms with Gasteiger partial charge in [-0.25, -0.2) is 0 Å². The van der Waals surface area contributed by atoms with Crippen LogP contribution in [-0.2, 0) is 25.8 Å². The van der Waals surface area contributed by atoms with E-state index in [2.05, 4.69) is 0 Å². The van der Waals surface area contributed by atoms with Crippen LogP contribution in [0, 0.1) is 0 Å². The van der Waals surface area contributed by atoms with Crippen molar-refractivity contribution in [2.24, 2.45) is 0 Å². The Hall–Kier alpha value is 1.12. The second kappa shape index (κ2) is 99.0. The van der Waals surface area contributed by atoms with E-state index in [0.717, 1.165) is 89.9 Å². The molecule has 0 spiro atoms. The van der Waals surface area contributed by atoms with E-state index in [1.54, 1.807) is 0 Å². The molecule has 0 amide bonds. The molecule has 0 fully saturated rings. The fourth-order valence-corrected chi connectivity index (χ4v) is 1.01. The third-order valence-electron chi connectivity index (χ3n) is 3.49. The van der Waals surface area contributed by atoms with Gasteiger partial charge in [0.1, 0.15) is 0 Å². The number of rotatable bonds is 14. The zero-order valence-corrected chi connectivity index (χ0v) is 30.5. The topological polar surface area (TPSA) is 161 Å². The quantitative estimate of drug-likeness (QED) is 0.239. The van der Waals surface area contributed by atoms with Gasteiger partial charge in [0.05, 0.1) is 0 Å². The molecule has 0 saturated carbocycles. The van der Waals surface area contributed by atoms with E-state index in [0.29, 0.717) is 0 Å². The maximum Gasteiger partial charge on any atom is 4.00 e. The first kappa shape index (κ1) is 61.9. The van der Waals surface area contributed by atoms with Crippen LogP contribution in [0.1, 0.15) is 138 Å². The van der Waals surface area contributed by atoms with Crippen LogP contribution in [0.5, 0.6) is 0 Å². The zero-order valence-electron chi connectivity index (χ0n) is 25.8. The summed E-state index contributed by atoms with van der Waals surface area (Å²) in [6, 6.07) is 0. The molecule has 0 bridgehead atoms. The first-order valence-corrected chi connectivity index (χ1v) is 14.0. The third kappa shape index (κ3) is 200. The molecule has 0 aromatic carbocycles. The molecule has 0 aromatic rings. The molecule has 0 aliphatic heterocycles. The molecule has 7 nitrogen and oxygen atoms in total. The molecule has 0 heterocycles. The molecule has 9 heteroatoms. The second-order valence-electron chi connectivity index (χ2n) is 7.40. The Balaban J connectivity index is -0.0000000350. The summed E-state index contributed by atoms with van der Waals surface area (Å²) in [5.74, 6) is 0. The molecule has 0 radical (unpaired) electrons. The largest absolute Gasteiger partial charge is 4.00 e. The van der Waals surface area contributed by atoms with Gasteiger partial charge >= 0.3 is 43.2 Å². The van der Waals surface area contributed by atoms with Gasteiger partial charge in [-0.2, -0.15) is 0 Å². The van der Waals surface area contributed by atoms with Crippen molar-refractivity contribution < 1.29 is 61.6 Å². The van der Waals surface area contributed by atoms with Crippen LogP contribution < -0.4 is 35.7 Å². The van der Waals surface area contributed by atoms with Gasteiger partial charge in [-0.1, -0.05) is 138 Å². The van der Waals surface area contributed by atoms with Crippen LogP contribution in [0.3, 0.4) is 0 Å². The molecule has 0 rings (SSSR count). The molecule has 37 heavy (non-hydrogen) atoms. The predicted octanol–water partition coefficient (Wildman–Crippen LogP) is 0.644. The van der Waals surface area contributed by atoms with Gasteiger partial charge in [0.15, 0.2) is 0 Å². The maximum absolute atomic E-state index is 9.53. The Morgan fingerprint density at radius 1 is 0.270 bits per heavy atom. The fourth-order valence-electron chi connectivity index (χ4n) is 1.01. The maximum atomic E-state index is 9.53. The van der Waals surface area contributed by atoms with Crippen LogP contribution in [-0.4, -0.2) is 63.6 Å². The summed E-state index contributed by atoms with van der Waals surface area (Å²) in [4.78, 5) is 0. The molecule has 0 aliphatic carbocycles. The van der Waals surface area contributed by atoms with Crippen LogP contribution in [0.25, 0.3) is 0 Å². The van der Waals surface area contributed by atoms with Crippen molar-refractivity contribution in [1.82, 2.24) is 0 Å². The molecule has 0 N–H and O–H groups in total. The minimum atomic E-state index is 0. The standard InChI is InChI=1S/7C4H9O.Al.Hf/c7*1-2-3-4-5;;/h7*2-4H2,1H3;;/q7*-1;+3;+4. The van der Waals surface area contributed by atoms with Gasteiger partial charge in [-0.3, -0.25) is 0 Å². The first-order valence-electron chi connectivity index (χ1n) is 14.0. The molecule has 0 atom stereocenters. The minimum absolute atomic E-state index is 0.